The number of aryl methyl sites for hydroxylation is 1. The summed E-state index contributed by atoms with van der Waals surface area (Å²) in [6.45, 7) is 2.16. The zero-order valence-corrected chi connectivity index (χ0v) is 18.4. The number of likely N-dealkylation sites (N-methyl/N-ethyl adjacent to an activating group) is 1. The molecule has 0 saturated heterocycles. The van der Waals surface area contributed by atoms with Crippen LogP contribution in [-0.4, -0.2) is 40.9 Å². The molecule has 31 heavy (non-hydrogen) atoms. The molecule has 2 aromatic heterocycles. The Bertz CT molecular complexity index is 1090. The molecule has 2 N–H and O–H groups in total. The number of pyridine rings is 2. The van der Waals surface area contributed by atoms with Crippen molar-refractivity contribution in [3.05, 3.63) is 66.0 Å². The van der Waals surface area contributed by atoms with Gasteiger partial charge in [0.15, 0.2) is 5.65 Å². The summed E-state index contributed by atoms with van der Waals surface area (Å²) in [6, 6.07) is 12.7. The molecule has 0 saturated carbocycles. The summed E-state index contributed by atoms with van der Waals surface area (Å²) in [5.74, 6) is -0.286. The molecule has 4 rings (SSSR count). The number of nitrogens with one attached hydrogen (secondary N) is 2. The largest absolute Gasteiger partial charge is 0.343 e. The van der Waals surface area contributed by atoms with Gasteiger partial charge in [0, 0.05) is 23.5 Å². The Morgan fingerprint density at radius 1 is 1.16 bits per heavy atom. The van der Waals surface area contributed by atoms with Gasteiger partial charge in [0.05, 0.1) is 12.6 Å². The molecule has 2 amide bonds. The van der Waals surface area contributed by atoms with E-state index in [0.29, 0.717) is 18.6 Å². The van der Waals surface area contributed by atoms with E-state index in [9.17, 15) is 9.59 Å². The summed E-state index contributed by atoms with van der Waals surface area (Å²) in [6.07, 6.45) is 4.70. The Morgan fingerprint density at radius 2 is 1.94 bits per heavy atom. The zero-order chi connectivity index (χ0) is 21.1. The highest BCUT2D eigenvalue weighted by Gasteiger charge is 2.32. The summed E-state index contributed by atoms with van der Waals surface area (Å²) >= 11 is 0. The maximum absolute atomic E-state index is 13.6. The number of rotatable bonds is 5. The molecule has 0 spiro atoms. The van der Waals surface area contributed by atoms with Crippen LogP contribution in [0.3, 0.4) is 0 Å². The lowest BCUT2D eigenvalue weighted by atomic mass is 10.1. The van der Waals surface area contributed by atoms with E-state index in [4.69, 9.17) is 0 Å². The number of hydrogen-bond donors (Lipinski definition) is 2. The third kappa shape index (κ3) is 4.68. The fourth-order valence-electron chi connectivity index (χ4n) is 3.79. The van der Waals surface area contributed by atoms with Gasteiger partial charge in [0.25, 0.3) is 0 Å². The lowest BCUT2D eigenvalue weighted by molar-refractivity contribution is -0.128. The van der Waals surface area contributed by atoms with Crippen LogP contribution in [0.25, 0.3) is 11.0 Å². The minimum absolute atomic E-state index is 0. The second-order valence-electron chi connectivity index (χ2n) is 7.51. The molecule has 0 fully saturated rings. The van der Waals surface area contributed by atoms with Gasteiger partial charge in [-0.1, -0.05) is 18.2 Å². The fourth-order valence-corrected chi connectivity index (χ4v) is 3.79. The highest BCUT2D eigenvalue weighted by atomic mass is 35.5. The van der Waals surface area contributed by atoms with E-state index in [-0.39, 0.29) is 30.3 Å². The van der Waals surface area contributed by atoms with Crippen molar-refractivity contribution >= 4 is 40.9 Å². The van der Waals surface area contributed by atoms with Crippen molar-refractivity contribution < 1.29 is 9.59 Å². The Hall–Kier alpha value is -3.03. The van der Waals surface area contributed by atoms with E-state index in [1.165, 1.54) is 0 Å². The second-order valence-corrected chi connectivity index (χ2v) is 7.51. The van der Waals surface area contributed by atoms with E-state index < -0.39 is 6.04 Å². The molecule has 1 aliphatic heterocycles. The van der Waals surface area contributed by atoms with Crippen LogP contribution in [0.4, 0.5) is 5.69 Å². The molecule has 0 radical (unpaired) electrons. The van der Waals surface area contributed by atoms with Crippen LogP contribution in [-0.2, 0) is 22.6 Å². The van der Waals surface area contributed by atoms with E-state index in [2.05, 4.69) is 20.6 Å². The van der Waals surface area contributed by atoms with Crippen molar-refractivity contribution in [2.24, 2.45) is 0 Å². The number of anilines is 1. The number of nitrogens with zero attached hydrogens (tertiary/aromatic N) is 3. The highest BCUT2D eigenvalue weighted by molar-refractivity contribution is 6.01. The molecule has 2 atom stereocenters. The maximum Gasteiger partial charge on any atom is 0.249 e. The first-order valence-electron chi connectivity index (χ1n) is 10.1. The van der Waals surface area contributed by atoms with Crippen LogP contribution in [0.2, 0.25) is 0 Å². The number of hydrogen-bond acceptors (Lipinski definition) is 5. The van der Waals surface area contributed by atoms with Crippen molar-refractivity contribution in [3.63, 3.8) is 0 Å². The molecule has 162 valence electrons. The topological polar surface area (TPSA) is 87.2 Å². The summed E-state index contributed by atoms with van der Waals surface area (Å²) in [5, 5.41) is 6.77. The second kappa shape index (κ2) is 9.85. The minimum Gasteiger partial charge on any atom is -0.343 e. The zero-order valence-electron chi connectivity index (χ0n) is 17.5. The standard InChI is InChI=1S/C23H25N5O2.ClH/c1-15(24-2)22(29)27-19-10-9-16-6-3-4-8-20(16)28(23(19)30)14-17-11-13-26-21-18(17)7-5-12-25-21;/h3-8,11-13,15,19,24H,9-10,14H2,1-2H3,(H,27,29);1H. The molecule has 7 nitrogen and oxygen atoms in total. The van der Waals surface area contributed by atoms with E-state index in [0.717, 1.165) is 28.6 Å². The number of carbonyl (C=O) groups excluding carboxylic acids is 2. The summed E-state index contributed by atoms with van der Waals surface area (Å²) in [7, 11) is 1.73. The molecular weight excluding hydrogens is 414 g/mol. The Labute approximate surface area is 187 Å². The van der Waals surface area contributed by atoms with Crippen LogP contribution < -0.4 is 15.5 Å². The van der Waals surface area contributed by atoms with E-state index >= 15 is 0 Å². The summed E-state index contributed by atoms with van der Waals surface area (Å²) in [5.41, 5.74) is 3.60. The van der Waals surface area contributed by atoms with Gasteiger partial charge in [-0.05, 0) is 62.2 Å². The summed E-state index contributed by atoms with van der Waals surface area (Å²) < 4.78 is 0. The van der Waals surface area contributed by atoms with Gasteiger partial charge in [-0.15, -0.1) is 12.4 Å². The van der Waals surface area contributed by atoms with Crippen LogP contribution >= 0.6 is 12.4 Å². The normalized spacial score (nSPS) is 16.8. The predicted octanol–water partition coefficient (Wildman–Crippen LogP) is 2.62. The van der Waals surface area contributed by atoms with Crippen molar-refractivity contribution in [1.82, 2.24) is 20.6 Å². The molecule has 3 heterocycles. The van der Waals surface area contributed by atoms with E-state index in [1.807, 2.05) is 42.5 Å². The smallest absolute Gasteiger partial charge is 0.249 e. The quantitative estimate of drug-likeness (QED) is 0.638. The summed E-state index contributed by atoms with van der Waals surface area (Å²) in [4.78, 5) is 36.4. The number of aromatic nitrogens is 2. The van der Waals surface area contributed by atoms with Gasteiger partial charge in [0.2, 0.25) is 11.8 Å². The first kappa shape index (κ1) is 22.7. The first-order valence-corrected chi connectivity index (χ1v) is 10.1. The average Bonchev–Trinajstić information content (AvgIpc) is 2.91. The predicted molar refractivity (Wildman–Crippen MR) is 123 cm³/mol. The molecule has 2 unspecified atom stereocenters. The SMILES string of the molecule is CNC(C)C(=O)NC1CCc2ccccc2N(Cc2ccnc3ncccc23)C1=O.Cl. The molecule has 0 bridgehead atoms. The molecular formula is C23H26ClN5O2. The van der Waals surface area contributed by atoms with Crippen molar-refractivity contribution in [1.29, 1.82) is 0 Å². The number of amides is 2. The van der Waals surface area contributed by atoms with E-state index in [1.54, 1.807) is 31.3 Å². The van der Waals surface area contributed by atoms with Crippen LogP contribution in [0.15, 0.2) is 54.9 Å². The molecule has 3 aromatic rings. The Kier molecular flexibility index (Phi) is 7.20. The number of para-hydroxylation sites is 1. The minimum atomic E-state index is -0.577. The molecule has 0 aliphatic carbocycles. The Morgan fingerprint density at radius 3 is 2.74 bits per heavy atom. The Balaban J connectivity index is 0.00000272. The van der Waals surface area contributed by atoms with Crippen molar-refractivity contribution in [2.45, 2.75) is 38.4 Å². The van der Waals surface area contributed by atoms with Gasteiger partial charge in [0.1, 0.15) is 6.04 Å². The lowest BCUT2D eigenvalue weighted by Crippen LogP contribution is -2.52. The number of benzene rings is 1. The third-order valence-electron chi connectivity index (χ3n) is 5.63. The fraction of sp³-hybridized carbons (Fsp3) is 0.304. The molecule has 1 aliphatic rings. The number of fused-ring (bicyclic) bond motifs is 2. The van der Waals surface area contributed by atoms with Crippen LogP contribution in [0, 0.1) is 0 Å². The molecule has 8 heteroatoms. The lowest BCUT2D eigenvalue weighted by Gasteiger charge is -2.27. The average molecular weight is 440 g/mol. The van der Waals surface area contributed by atoms with Gasteiger partial charge in [-0.25, -0.2) is 9.97 Å². The van der Waals surface area contributed by atoms with Crippen LogP contribution in [0.1, 0.15) is 24.5 Å². The third-order valence-corrected chi connectivity index (χ3v) is 5.63. The van der Waals surface area contributed by atoms with Gasteiger partial charge >= 0.3 is 0 Å². The van der Waals surface area contributed by atoms with Crippen LogP contribution in [0.5, 0.6) is 0 Å². The van der Waals surface area contributed by atoms with Gasteiger partial charge in [-0.3, -0.25) is 9.59 Å². The molecule has 1 aromatic carbocycles. The highest BCUT2D eigenvalue weighted by Crippen LogP contribution is 2.29. The van der Waals surface area contributed by atoms with Gasteiger partial charge in [-0.2, -0.15) is 0 Å². The van der Waals surface area contributed by atoms with Crippen molar-refractivity contribution in [2.75, 3.05) is 11.9 Å². The maximum atomic E-state index is 13.6. The monoisotopic (exact) mass is 439 g/mol. The number of carbonyl (C=O) groups is 2. The van der Waals surface area contributed by atoms with Gasteiger partial charge < -0.3 is 15.5 Å². The number of halogens is 1. The first-order chi connectivity index (χ1) is 14.6. The van der Waals surface area contributed by atoms with Crippen molar-refractivity contribution in [3.8, 4) is 0 Å².